The fraction of sp³-hybridized carbons (Fsp3) is 0.562. The van der Waals surface area contributed by atoms with Crippen molar-refractivity contribution in [2.24, 2.45) is 0 Å². The van der Waals surface area contributed by atoms with Gasteiger partial charge in [-0.25, -0.2) is 0 Å². The molecule has 1 fully saturated rings. The molecule has 1 aromatic carbocycles. The van der Waals surface area contributed by atoms with Crippen LogP contribution in [0.4, 0.5) is 0 Å². The highest BCUT2D eigenvalue weighted by Crippen LogP contribution is 2.44. The third-order valence-corrected chi connectivity index (χ3v) is 6.92. The molecule has 21 heavy (non-hydrogen) atoms. The van der Waals surface area contributed by atoms with E-state index in [0.717, 1.165) is 6.29 Å². The van der Waals surface area contributed by atoms with E-state index in [0.29, 0.717) is 0 Å². The Balaban J connectivity index is 2.36. The summed E-state index contributed by atoms with van der Waals surface area (Å²) in [5, 5.41) is 0. The lowest BCUT2D eigenvalue weighted by atomic mass is 9.88. The smallest absolute Gasteiger partial charge is 0.184 e. The summed E-state index contributed by atoms with van der Waals surface area (Å²) in [5.41, 5.74) is 1.27. The Hall–Kier alpha value is -0.756. The van der Waals surface area contributed by atoms with Gasteiger partial charge in [0.2, 0.25) is 0 Å². The van der Waals surface area contributed by atoms with Gasteiger partial charge in [-0.1, -0.05) is 50.0 Å². The van der Waals surface area contributed by atoms with Crippen LogP contribution >= 0.6 is 0 Å². The summed E-state index contributed by atoms with van der Waals surface area (Å²) < 4.78 is 8.77. The summed E-state index contributed by atoms with van der Waals surface area (Å²) in [4.78, 5) is 11.6. The molecule has 0 aromatic heterocycles. The first-order valence-corrected chi connectivity index (χ1v) is 14.5. The van der Waals surface area contributed by atoms with Crippen molar-refractivity contribution in [3.05, 3.63) is 35.9 Å². The number of aldehydes is 1. The molecule has 1 aliphatic heterocycles. The number of rotatable bonds is 5. The molecule has 1 aliphatic rings. The monoisotopic (exact) mass is 321 g/mol. The lowest BCUT2D eigenvalue weighted by Gasteiger charge is -2.59. The number of benzene rings is 1. The minimum absolute atomic E-state index is 0.00305. The number of carbonyl (C=O) groups is 1. The molecule has 0 spiro atoms. The minimum Gasteiger partial charge on any atom is -0.411 e. The molecular weight excluding hydrogens is 294 g/mol. The van der Waals surface area contributed by atoms with Crippen LogP contribution in [0.25, 0.3) is 0 Å². The van der Waals surface area contributed by atoms with Crippen molar-refractivity contribution < 1.29 is 9.22 Å². The first kappa shape index (κ1) is 16.6. The molecule has 0 radical (unpaired) electrons. The van der Waals surface area contributed by atoms with E-state index in [1.54, 1.807) is 0 Å². The third-order valence-electron chi connectivity index (χ3n) is 3.81. The Labute approximate surface area is 130 Å². The molecule has 5 heteroatoms. The van der Waals surface area contributed by atoms with Crippen molar-refractivity contribution in [2.75, 3.05) is 0 Å². The molecule has 1 heterocycles. The lowest BCUT2D eigenvalue weighted by molar-refractivity contribution is -0.128. The van der Waals surface area contributed by atoms with Gasteiger partial charge in [-0.2, -0.15) is 0 Å². The predicted molar refractivity (Wildman–Crippen MR) is 92.4 cm³/mol. The normalized spacial score (nSPS) is 27.2. The van der Waals surface area contributed by atoms with Crippen LogP contribution in [0.3, 0.4) is 0 Å². The van der Waals surface area contributed by atoms with E-state index in [2.05, 4.69) is 68.1 Å². The fourth-order valence-corrected chi connectivity index (χ4v) is 6.46. The van der Waals surface area contributed by atoms with Crippen LogP contribution in [0.5, 0.6) is 0 Å². The average Bonchev–Trinajstić information content (AvgIpc) is 2.33. The fourth-order valence-electron chi connectivity index (χ4n) is 3.14. The third kappa shape index (κ3) is 3.53. The van der Waals surface area contributed by atoms with Gasteiger partial charge in [-0.05, 0) is 25.2 Å². The molecule has 0 N–H and O–H groups in total. The van der Waals surface area contributed by atoms with E-state index < -0.39 is 16.6 Å². The van der Waals surface area contributed by atoms with Gasteiger partial charge in [0.15, 0.2) is 8.32 Å². The topological polar surface area (TPSA) is 29.5 Å². The van der Waals surface area contributed by atoms with Gasteiger partial charge in [-0.3, -0.25) is 0 Å². The Morgan fingerprint density at radius 1 is 1.05 bits per heavy atom. The SMILES string of the molecule is C[Si](C)(C)OC1C(C=O)N([Si](C)(C)C)C1c1ccccc1. The van der Waals surface area contributed by atoms with Crippen molar-refractivity contribution in [1.82, 2.24) is 4.57 Å². The van der Waals surface area contributed by atoms with Crippen molar-refractivity contribution >= 4 is 22.8 Å². The number of carbonyl (C=O) groups excluding carboxylic acids is 1. The Morgan fingerprint density at radius 2 is 1.62 bits per heavy atom. The lowest BCUT2D eigenvalue weighted by Crippen LogP contribution is -2.72. The first-order valence-electron chi connectivity index (χ1n) is 7.61. The second kappa shape index (κ2) is 5.80. The molecule has 3 unspecified atom stereocenters. The molecule has 1 saturated heterocycles. The molecule has 2 rings (SSSR count). The minimum atomic E-state index is -1.68. The van der Waals surface area contributed by atoms with Gasteiger partial charge in [0.1, 0.15) is 14.5 Å². The maximum Gasteiger partial charge on any atom is 0.184 e. The molecule has 3 atom stereocenters. The largest absolute Gasteiger partial charge is 0.411 e. The van der Waals surface area contributed by atoms with E-state index in [9.17, 15) is 4.79 Å². The molecule has 3 nitrogen and oxygen atoms in total. The molecule has 0 bridgehead atoms. The molecule has 1 aromatic rings. The standard InChI is InChI=1S/C16H27NO2Si2/c1-20(2,3)17-14(12-18)16(19-21(4,5)6)15(17)13-10-8-7-9-11-13/h7-12,14-16H,1-6H3. The highest BCUT2D eigenvalue weighted by atomic mass is 28.4. The molecule has 0 aliphatic carbocycles. The summed E-state index contributed by atoms with van der Waals surface area (Å²) in [6.07, 6.45) is 1.09. The van der Waals surface area contributed by atoms with Crippen LogP contribution in [0.15, 0.2) is 30.3 Å². The molecule has 0 amide bonds. The highest BCUT2D eigenvalue weighted by Gasteiger charge is 2.55. The van der Waals surface area contributed by atoms with Crippen LogP contribution in [0.2, 0.25) is 39.3 Å². The summed E-state index contributed by atoms with van der Waals surface area (Å²) in [6.45, 7) is 13.5. The first-order chi connectivity index (χ1) is 9.65. The summed E-state index contributed by atoms with van der Waals surface area (Å²) in [5.74, 6) is 0. The van der Waals surface area contributed by atoms with Gasteiger partial charge < -0.3 is 13.8 Å². The van der Waals surface area contributed by atoms with Gasteiger partial charge in [0.05, 0.1) is 18.2 Å². The molecule has 0 saturated carbocycles. The Bertz CT molecular complexity index is 493. The summed E-state index contributed by atoms with van der Waals surface area (Å²) in [7, 11) is -3.26. The Morgan fingerprint density at radius 3 is 2.05 bits per heavy atom. The van der Waals surface area contributed by atoms with Crippen molar-refractivity contribution in [1.29, 1.82) is 0 Å². The zero-order valence-electron chi connectivity index (χ0n) is 14.0. The highest BCUT2D eigenvalue weighted by molar-refractivity contribution is 6.74. The molecule has 116 valence electrons. The maximum absolute atomic E-state index is 11.6. The van der Waals surface area contributed by atoms with Gasteiger partial charge in [0.25, 0.3) is 0 Å². The molecular formula is C16H27NO2Si2. The summed E-state index contributed by atoms with van der Waals surface area (Å²) >= 11 is 0. The van der Waals surface area contributed by atoms with Gasteiger partial charge >= 0.3 is 0 Å². The van der Waals surface area contributed by atoms with E-state index in [4.69, 9.17) is 4.43 Å². The van der Waals surface area contributed by atoms with E-state index >= 15 is 0 Å². The quantitative estimate of drug-likeness (QED) is 0.612. The van der Waals surface area contributed by atoms with Crippen molar-refractivity contribution in [3.8, 4) is 0 Å². The van der Waals surface area contributed by atoms with Crippen molar-refractivity contribution in [3.63, 3.8) is 0 Å². The number of hydrogen-bond acceptors (Lipinski definition) is 3. The van der Waals surface area contributed by atoms with Crippen LogP contribution in [-0.4, -0.2) is 39.6 Å². The van der Waals surface area contributed by atoms with E-state index in [1.165, 1.54) is 5.56 Å². The second-order valence-corrected chi connectivity index (χ2v) is 17.1. The predicted octanol–water partition coefficient (Wildman–Crippen LogP) is 3.67. The second-order valence-electron chi connectivity index (χ2n) is 7.76. The van der Waals surface area contributed by atoms with Crippen LogP contribution < -0.4 is 0 Å². The number of nitrogens with zero attached hydrogens (tertiary/aromatic N) is 1. The zero-order chi connectivity index (χ0) is 15.8. The van der Waals surface area contributed by atoms with Crippen molar-refractivity contribution in [2.45, 2.75) is 57.5 Å². The number of hydrogen-bond donors (Lipinski definition) is 0. The van der Waals surface area contributed by atoms with Gasteiger partial charge in [0, 0.05) is 0 Å². The van der Waals surface area contributed by atoms with Gasteiger partial charge in [-0.15, -0.1) is 0 Å². The average molecular weight is 322 g/mol. The zero-order valence-corrected chi connectivity index (χ0v) is 16.0. The van der Waals surface area contributed by atoms with Crippen LogP contribution in [0, 0.1) is 0 Å². The Kier molecular flexibility index (Phi) is 4.58. The van der Waals surface area contributed by atoms with E-state index in [-0.39, 0.29) is 18.2 Å². The maximum atomic E-state index is 11.6. The van der Waals surface area contributed by atoms with Crippen LogP contribution in [0.1, 0.15) is 11.6 Å². The van der Waals surface area contributed by atoms with Crippen LogP contribution in [-0.2, 0) is 9.22 Å². The summed E-state index contributed by atoms with van der Waals surface area (Å²) in [6, 6.07) is 10.6. The van der Waals surface area contributed by atoms with E-state index in [1.807, 2.05) is 6.07 Å².